The van der Waals surface area contributed by atoms with Gasteiger partial charge in [0.25, 0.3) is 0 Å². The van der Waals surface area contributed by atoms with Crippen LogP contribution in [0, 0.1) is 0 Å². The van der Waals surface area contributed by atoms with E-state index < -0.39 is 5.97 Å². The van der Waals surface area contributed by atoms with E-state index in [2.05, 4.69) is 10.1 Å². The number of pyridine rings is 1. The molecule has 0 atom stereocenters. The predicted molar refractivity (Wildman–Crippen MR) is 54.3 cm³/mol. The molecular formula is C9H10N4O2. The van der Waals surface area contributed by atoms with E-state index in [-0.39, 0.29) is 5.56 Å². The summed E-state index contributed by atoms with van der Waals surface area (Å²) in [5.74, 6) is -0.512. The molecule has 0 aliphatic heterocycles. The van der Waals surface area contributed by atoms with Gasteiger partial charge >= 0.3 is 5.97 Å². The van der Waals surface area contributed by atoms with E-state index in [0.717, 1.165) is 0 Å². The van der Waals surface area contributed by atoms with Crippen molar-refractivity contribution in [3.63, 3.8) is 0 Å². The standard InChI is InChI=1S/C9H10N4O2/c1-12(2)9-10-7-6(8(14)15)4-3-5-13(7)11-9/h3-5H,1-2H3,(H,14,15). The number of carboxylic acid groups (broad SMARTS) is 1. The molecule has 0 aliphatic carbocycles. The number of anilines is 1. The Bertz CT molecular complexity index is 518. The number of carboxylic acids is 1. The lowest BCUT2D eigenvalue weighted by Crippen LogP contribution is -2.10. The summed E-state index contributed by atoms with van der Waals surface area (Å²) in [5.41, 5.74) is 0.506. The molecule has 0 saturated carbocycles. The Morgan fingerprint density at radius 1 is 1.53 bits per heavy atom. The molecule has 2 aromatic rings. The van der Waals surface area contributed by atoms with Gasteiger partial charge in [0.2, 0.25) is 5.95 Å². The summed E-state index contributed by atoms with van der Waals surface area (Å²) in [6.07, 6.45) is 1.67. The van der Waals surface area contributed by atoms with Crippen LogP contribution in [-0.2, 0) is 0 Å². The number of aromatic carboxylic acids is 1. The van der Waals surface area contributed by atoms with Gasteiger partial charge in [0.15, 0.2) is 5.65 Å². The van der Waals surface area contributed by atoms with E-state index in [4.69, 9.17) is 5.11 Å². The highest BCUT2D eigenvalue weighted by molar-refractivity contribution is 5.94. The van der Waals surface area contributed by atoms with Crippen molar-refractivity contribution in [2.75, 3.05) is 19.0 Å². The van der Waals surface area contributed by atoms with Crippen molar-refractivity contribution < 1.29 is 9.90 Å². The summed E-state index contributed by atoms with van der Waals surface area (Å²) < 4.78 is 1.46. The molecule has 0 saturated heterocycles. The van der Waals surface area contributed by atoms with Crippen LogP contribution in [0.1, 0.15) is 10.4 Å². The van der Waals surface area contributed by atoms with Crippen LogP contribution in [-0.4, -0.2) is 39.8 Å². The molecule has 2 heterocycles. The molecule has 0 spiro atoms. The number of hydrogen-bond acceptors (Lipinski definition) is 4. The molecule has 0 fully saturated rings. The van der Waals surface area contributed by atoms with Crippen LogP contribution in [0.2, 0.25) is 0 Å². The van der Waals surface area contributed by atoms with Crippen molar-refractivity contribution >= 4 is 17.6 Å². The van der Waals surface area contributed by atoms with Gasteiger partial charge in [0, 0.05) is 20.3 Å². The molecule has 0 radical (unpaired) electrons. The molecule has 0 unspecified atom stereocenters. The molecular weight excluding hydrogens is 196 g/mol. The van der Waals surface area contributed by atoms with E-state index in [1.54, 1.807) is 31.3 Å². The third-order valence-corrected chi connectivity index (χ3v) is 1.98. The van der Waals surface area contributed by atoms with E-state index in [1.165, 1.54) is 10.6 Å². The fourth-order valence-electron chi connectivity index (χ4n) is 1.25. The first kappa shape index (κ1) is 9.45. The van der Waals surface area contributed by atoms with Crippen LogP contribution in [0.5, 0.6) is 0 Å². The summed E-state index contributed by atoms with van der Waals surface area (Å²) in [5, 5.41) is 13.1. The van der Waals surface area contributed by atoms with E-state index in [0.29, 0.717) is 11.6 Å². The SMILES string of the molecule is CN(C)c1nc2c(C(=O)O)cccn2n1. The number of carbonyl (C=O) groups is 1. The summed E-state index contributed by atoms with van der Waals surface area (Å²) in [4.78, 5) is 16.8. The van der Waals surface area contributed by atoms with Gasteiger partial charge in [0.05, 0.1) is 0 Å². The van der Waals surface area contributed by atoms with Crippen LogP contribution >= 0.6 is 0 Å². The van der Waals surface area contributed by atoms with E-state index in [9.17, 15) is 4.79 Å². The van der Waals surface area contributed by atoms with Gasteiger partial charge in [-0.05, 0) is 12.1 Å². The van der Waals surface area contributed by atoms with Crippen molar-refractivity contribution in [2.24, 2.45) is 0 Å². The Kier molecular flexibility index (Phi) is 2.03. The second-order valence-corrected chi connectivity index (χ2v) is 3.30. The maximum Gasteiger partial charge on any atom is 0.339 e. The van der Waals surface area contributed by atoms with Crippen molar-refractivity contribution in [1.82, 2.24) is 14.6 Å². The summed E-state index contributed by atoms with van der Waals surface area (Å²) in [6.45, 7) is 0. The minimum Gasteiger partial charge on any atom is -0.478 e. The highest BCUT2D eigenvalue weighted by Crippen LogP contribution is 2.12. The van der Waals surface area contributed by atoms with Gasteiger partial charge < -0.3 is 10.0 Å². The molecule has 1 N–H and O–H groups in total. The third kappa shape index (κ3) is 1.50. The van der Waals surface area contributed by atoms with Gasteiger partial charge in [-0.1, -0.05) is 0 Å². The zero-order valence-electron chi connectivity index (χ0n) is 8.38. The molecule has 15 heavy (non-hydrogen) atoms. The number of fused-ring (bicyclic) bond motifs is 1. The quantitative estimate of drug-likeness (QED) is 0.774. The van der Waals surface area contributed by atoms with Crippen LogP contribution in [0.15, 0.2) is 18.3 Å². The fraction of sp³-hybridized carbons (Fsp3) is 0.222. The molecule has 2 rings (SSSR count). The fourth-order valence-corrected chi connectivity index (χ4v) is 1.25. The largest absolute Gasteiger partial charge is 0.478 e. The maximum atomic E-state index is 10.9. The van der Waals surface area contributed by atoms with Gasteiger partial charge in [-0.3, -0.25) is 0 Å². The van der Waals surface area contributed by atoms with Crippen molar-refractivity contribution in [2.45, 2.75) is 0 Å². The molecule has 0 bridgehead atoms. The van der Waals surface area contributed by atoms with Gasteiger partial charge in [-0.2, -0.15) is 4.98 Å². The van der Waals surface area contributed by atoms with Crippen molar-refractivity contribution in [3.05, 3.63) is 23.9 Å². The van der Waals surface area contributed by atoms with Gasteiger partial charge in [0.1, 0.15) is 5.56 Å². The average molecular weight is 206 g/mol. The zero-order chi connectivity index (χ0) is 11.0. The number of rotatable bonds is 2. The normalized spacial score (nSPS) is 10.5. The maximum absolute atomic E-state index is 10.9. The summed E-state index contributed by atoms with van der Waals surface area (Å²) in [7, 11) is 3.60. The summed E-state index contributed by atoms with van der Waals surface area (Å²) >= 11 is 0. The lowest BCUT2D eigenvalue weighted by atomic mass is 10.3. The third-order valence-electron chi connectivity index (χ3n) is 1.98. The Labute approximate surface area is 85.8 Å². The first-order chi connectivity index (χ1) is 7.09. The first-order valence-corrected chi connectivity index (χ1v) is 4.35. The smallest absolute Gasteiger partial charge is 0.339 e. The predicted octanol–water partition coefficient (Wildman–Crippen LogP) is 0.493. The molecule has 2 aromatic heterocycles. The highest BCUT2D eigenvalue weighted by Gasteiger charge is 2.13. The van der Waals surface area contributed by atoms with Crippen LogP contribution in [0.3, 0.4) is 0 Å². The molecule has 6 nitrogen and oxygen atoms in total. The lowest BCUT2D eigenvalue weighted by Gasteiger charge is -2.03. The second kappa shape index (κ2) is 3.23. The monoisotopic (exact) mass is 206 g/mol. The van der Waals surface area contributed by atoms with E-state index in [1.807, 2.05) is 0 Å². The topological polar surface area (TPSA) is 70.7 Å². The first-order valence-electron chi connectivity index (χ1n) is 4.35. The van der Waals surface area contributed by atoms with Crippen LogP contribution in [0.25, 0.3) is 5.65 Å². The lowest BCUT2D eigenvalue weighted by molar-refractivity contribution is 0.0698. The Morgan fingerprint density at radius 3 is 2.87 bits per heavy atom. The zero-order valence-corrected chi connectivity index (χ0v) is 8.38. The van der Waals surface area contributed by atoms with Crippen LogP contribution in [0.4, 0.5) is 5.95 Å². The van der Waals surface area contributed by atoms with Gasteiger partial charge in [-0.15, -0.1) is 5.10 Å². The number of aromatic nitrogens is 3. The molecule has 0 aliphatic rings. The molecule has 0 amide bonds. The van der Waals surface area contributed by atoms with Gasteiger partial charge in [-0.25, -0.2) is 9.31 Å². The minimum absolute atomic E-state index is 0.151. The number of nitrogens with zero attached hydrogens (tertiary/aromatic N) is 4. The Balaban J connectivity index is 2.70. The van der Waals surface area contributed by atoms with Crippen LogP contribution < -0.4 is 4.90 Å². The molecule has 0 aromatic carbocycles. The Morgan fingerprint density at radius 2 is 2.27 bits per heavy atom. The minimum atomic E-state index is -1.00. The molecule has 78 valence electrons. The Hall–Kier alpha value is -2.11. The second-order valence-electron chi connectivity index (χ2n) is 3.30. The molecule has 6 heteroatoms. The van der Waals surface area contributed by atoms with Crippen molar-refractivity contribution in [1.29, 1.82) is 0 Å². The summed E-state index contributed by atoms with van der Waals surface area (Å²) in [6, 6.07) is 3.14. The highest BCUT2D eigenvalue weighted by atomic mass is 16.4. The average Bonchev–Trinajstić information content (AvgIpc) is 2.60. The van der Waals surface area contributed by atoms with E-state index >= 15 is 0 Å². The van der Waals surface area contributed by atoms with Crippen molar-refractivity contribution in [3.8, 4) is 0 Å². The number of hydrogen-bond donors (Lipinski definition) is 1.